The Bertz CT molecular complexity index is 585. The number of nitrogens with zero attached hydrogens (tertiary/aromatic N) is 1. The third kappa shape index (κ3) is 6.54. The van der Waals surface area contributed by atoms with Crippen LogP contribution in [0.3, 0.4) is 0 Å². The molecular weight excluding hydrogens is 344 g/mol. The smallest absolute Gasteiger partial charge is 0.408 e. The normalized spacial score (nSPS) is 17.2. The molecule has 0 spiro atoms. The first-order valence-electron chi connectivity index (χ1n) is 9.92. The Morgan fingerprint density at radius 1 is 1.19 bits per heavy atom. The number of likely N-dealkylation sites (tertiary alicyclic amines) is 1. The lowest BCUT2D eigenvalue weighted by molar-refractivity contribution is -0.137. The number of alkyl carbamates (subject to hydrolysis) is 1. The van der Waals surface area contributed by atoms with Crippen LogP contribution in [0.25, 0.3) is 0 Å². The predicted octanol–water partition coefficient (Wildman–Crippen LogP) is 3.36. The lowest BCUT2D eigenvalue weighted by atomic mass is 9.96. The number of hydrogen-bond acceptors (Lipinski definition) is 4. The van der Waals surface area contributed by atoms with Gasteiger partial charge in [-0.25, -0.2) is 4.79 Å². The summed E-state index contributed by atoms with van der Waals surface area (Å²) in [5, 5.41) is 2.79. The van der Waals surface area contributed by atoms with E-state index in [4.69, 9.17) is 9.47 Å². The van der Waals surface area contributed by atoms with Crippen molar-refractivity contribution >= 4 is 12.0 Å². The molecule has 27 heavy (non-hydrogen) atoms. The van der Waals surface area contributed by atoms with Crippen LogP contribution in [0.4, 0.5) is 4.79 Å². The molecule has 2 amide bonds. The van der Waals surface area contributed by atoms with Gasteiger partial charge in [-0.05, 0) is 31.2 Å². The highest BCUT2D eigenvalue weighted by molar-refractivity contribution is 5.86. The topological polar surface area (TPSA) is 67.9 Å². The molecule has 1 saturated heterocycles. The zero-order chi connectivity index (χ0) is 19.6. The first-order chi connectivity index (χ1) is 13.0. The first kappa shape index (κ1) is 21.2. The van der Waals surface area contributed by atoms with Crippen LogP contribution in [0, 0.1) is 5.92 Å². The van der Waals surface area contributed by atoms with Crippen molar-refractivity contribution < 1.29 is 19.1 Å². The molecular formula is C21H32N2O4. The van der Waals surface area contributed by atoms with Crippen molar-refractivity contribution in [3.63, 3.8) is 0 Å². The van der Waals surface area contributed by atoms with Crippen LogP contribution in [0.1, 0.15) is 45.6 Å². The maximum absolute atomic E-state index is 13.0. The van der Waals surface area contributed by atoms with E-state index in [0.29, 0.717) is 19.7 Å². The van der Waals surface area contributed by atoms with E-state index in [1.807, 2.05) is 56.0 Å². The number of piperidine rings is 1. The Kier molecular flexibility index (Phi) is 8.58. The highest BCUT2D eigenvalue weighted by Crippen LogP contribution is 2.18. The molecule has 1 fully saturated rings. The van der Waals surface area contributed by atoms with Gasteiger partial charge in [-0.3, -0.25) is 4.79 Å². The van der Waals surface area contributed by atoms with Gasteiger partial charge in [-0.1, -0.05) is 50.6 Å². The summed E-state index contributed by atoms with van der Waals surface area (Å²) >= 11 is 0. The highest BCUT2D eigenvalue weighted by atomic mass is 16.5. The van der Waals surface area contributed by atoms with E-state index in [0.717, 1.165) is 24.8 Å². The number of carbonyl (C=O) groups excluding carboxylic acids is 2. The van der Waals surface area contributed by atoms with Gasteiger partial charge in [0.2, 0.25) is 5.91 Å². The van der Waals surface area contributed by atoms with Crippen LogP contribution >= 0.6 is 0 Å². The minimum Gasteiger partial charge on any atom is -0.445 e. The van der Waals surface area contributed by atoms with E-state index < -0.39 is 12.1 Å². The number of rotatable bonds is 8. The van der Waals surface area contributed by atoms with Gasteiger partial charge < -0.3 is 19.7 Å². The molecule has 6 heteroatoms. The Balaban J connectivity index is 1.90. The molecule has 1 aliphatic rings. The third-order valence-corrected chi connectivity index (χ3v) is 5.12. The average Bonchev–Trinajstić information content (AvgIpc) is 2.71. The highest BCUT2D eigenvalue weighted by Gasteiger charge is 2.32. The maximum atomic E-state index is 13.0. The van der Waals surface area contributed by atoms with Crippen molar-refractivity contribution in [1.82, 2.24) is 10.2 Å². The second-order valence-electron chi connectivity index (χ2n) is 7.05. The average molecular weight is 376 g/mol. The summed E-state index contributed by atoms with van der Waals surface area (Å²) in [5.41, 5.74) is 0.914. The van der Waals surface area contributed by atoms with Crippen molar-refractivity contribution in [1.29, 1.82) is 0 Å². The number of hydrogen-bond donors (Lipinski definition) is 1. The number of ether oxygens (including phenoxy) is 2. The van der Waals surface area contributed by atoms with Gasteiger partial charge in [0.15, 0.2) is 0 Å². The standard InChI is InChI=1S/C21H32N2O4/c1-4-16(3)19(20(24)23-13-11-18(12-14-23)26-5-2)22-21(25)27-15-17-9-7-6-8-10-17/h6-10,16,18-19H,4-5,11-15H2,1-3H3,(H,22,25)/t16-,19-/m0/s1. The Morgan fingerprint density at radius 3 is 2.44 bits per heavy atom. The zero-order valence-corrected chi connectivity index (χ0v) is 16.6. The molecule has 1 aromatic carbocycles. The van der Waals surface area contributed by atoms with Crippen LogP contribution < -0.4 is 5.32 Å². The molecule has 150 valence electrons. The molecule has 1 N–H and O–H groups in total. The number of amides is 2. The van der Waals surface area contributed by atoms with E-state index in [1.54, 1.807) is 0 Å². The molecule has 2 rings (SSSR count). The predicted molar refractivity (Wildman–Crippen MR) is 104 cm³/mol. The number of nitrogens with one attached hydrogen (secondary N) is 1. The SMILES string of the molecule is CCOC1CCN(C(=O)[C@@H](NC(=O)OCc2ccccc2)[C@@H](C)CC)CC1. The minimum absolute atomic E-state index is 0.0315. The third-order valence-electron chi connectivity index (χ3n) is 5.12. The maximum Gasteiger partial charge on any atom is 0.408 e. The zero-order valence-electron chi connectivity index (χ0n) is 16.6. The second kappa shape index (κ2) is 10.9. The molecule has 0 radical (unpaired) electrons. The van der Waals surface area contributed by atoms with Crippen LogP contribution in [-0.4, -0.2) is 48.7 Å². The van der Waals surface area contributed by atoms with E-state index >= 15 is 0 Å². The number of benzene rings is 1. The van der Waals surface area contributed by atoms with Gasteiger partial charge >= 0.3 is 6.09 Å². The Hall–Kier alpha value is -2.08. The lowest BCUT2D eigenvalue weighted by Crippen LogP contribution is -2.54. The van der Waals surface area contributed by atoms with Crippen LogP contribution in [0.5, 0.6) is 0 Å². The number of carbonyl (C=O) groups is 2. The molecule has 2 atom stereocenters. The second-order valence-corrected chi connectivity index (χ2v) is 7.05. The van der Waals surface area contributed by atoms with Crippen molar-refractivity contribution in [2.24, 2.45) is 5.92 Å². The van der Waals surface area contributed by atoms with Gasteiger partial charge in [0.05, 0.1) is 6.10 Å². The lowest BCUT2D eigenvalue weighted by Gasteiger charge is -2.35. The summed E-state index contributed by atoms with van der Waals surface area (Å²) < 4.78 is 10.9. The Labute approximate surface area is 162 Å². The molecule has 0 bridgehead atoms. The quantitative estimate of drug-likeness (QED) is 0.755. The van der Waals surface area contributed by atoms with Gasteiger partial charge in [0.1, 0.15) is 12.6 Å². The summed E-state index contributed by atoms with van der Waals surface area (Å²) in [5.74, 6) is 0.00218. The summed E-state index contributed by atoms with van der Waals surface area (Å²) in [6.07, 6.45) is 2.15. The van der Waals surface area contributed by atoms with Crippen molar-refractivity contribution in [2.45, 2.75) is 58.8 Å². The fraction of sp³-hybridized carbons (Fsp3) is 0.619. The Morgan fingerprint density at radius 2 is 1.85 bits per heavy atom. The van der Waals surface area contributed by atoms with Gasteiger partial charge in [-0.15, -0.1) is 0 Å². The van der Waals surface area contributed by atoms with Gasteiger partial charge in [0.25, 0.3) is 0 Å². The summed E-state index contributed by atoms with van der Waals surface area (Å²) in [4.78, 5) is 27.1. The first-order valence-corrected chi connectivity index (χ1v) is 9.92. The van der Waals surface area contributed by atoms with Gasteiger partial charge in [-0.2, -0.15) is 0 Å². The van der Waals surface area contributed by atoms with Gasteiger partial charge in [0, 0.05) is 19.7 Å². The molecule has 1 heterocycles. The largest absolute Gasteiger partial charge is 0.445 e. The van der Waals surface area contributed by atoms with Crippen molar-refractivity contribution in [3.8, 4) is 0 Å². The summed E-state index contributed by atoms with van der Waals surface area (Å²) in [6.45, 7) is 8.20. The van der Waals surface area contributed by atoms with E-state index in [9.17, 15) is 9.59 Å². The molecule has 0 aliphatic carbocycles. The summed E-state index contributed by atoms with van der Waals surface area (Å²) in [7, 11) is 0. The molecule has 0 saturated carbocycles. The van der Waals surface area contributed by atoms with Crippen LogP contribution in [0.15, 0.2) is 30.3 Å². The minimum atomic E-state index is -0.568. The van der Waals surface area contributed by atoms with Crippen LogP contribution in [-0.2, 0) is 20.9 Å². The summed E-state index contributed by atoms with van der Waals surface area (Å²) in [6, 6.07) is 8.93. The van der Waals surface area contributed by atoms with E-state index in [1.165, 1.54) is 0 Å². The van der Waals surface area contributed by atoms with Crippen molar-refractivity contribution in [2.75, 3.05) is 19.7 Å². The molecule has 0 aromatic heterocycles. The van der Waals surface area contributed by atoms with Crippen molar-refractivity contribution in [3.05, 3.63) is 35.9 Å². The fourth-order valence-electron chi connectivity index (χ4n) is 3.25. The molecule has 0 unspecified atom stereocenters. The van der Waals surface area contributed by atoms with E-state index in [2.05, 4.69) is 5.32 Å². The monoisotopic (exact) mass is 376 g/mol. The molecule has 1 aliphatic heterocycles. The van der Waals surface area contributed by atoms with Crippen LogP contribution in [0.2, 0.25) is 0 Å². The van der Waals surface area contributed by atoms with E-state index in [-0.39, 0.29) is 24.5 Å². The fourth-order valence-corrected chi connectivity index (χ4v) is 3.25. The molecule has 1 aromatic rings. The molecule has 6 nitrogen and oxygen atoms in total.